The molecule has 1 aliphatic carbocycles. The first kappa shape index (κ1) is 43.6. The van der Waals surface area contributed by atoms with Crippen LogP contribution in [0.15, 0.2) is 70.0 Å². The summed E-state index contributed by atoms with van der Waals surface area (Å²) >= 11 is 1.41. The third-order valence-electron chi connectivity index (χ3n) is 10.5. The number of benzene rings is 2. The van der Waals surface area contributed by atoms with E-state index < -0.39 is 52.0 Å². The van der Waals surface area contributed by atoms with E-state index in [1.54, 1.807) is 5.38 Å². The van der Waals surface area contributed by atoms with Crippen LogP contribution in [0.25, 0.3) is 0 Å². The number of sulfonamides is 1. The van der Waals surface area contributed by atoms with Gasteiger partial charge in [-0.05, 0) is 61.3 Å². The van der Waals surface area contributed by atoms with Crippen LogP contribution >= 0.6 is 11.3 Å². The van der Waals surface area contributed by atoms with E-state index in [0.717, 1.165) is 41.2 Å². The molecule has 0 spiro atoms. The predicted octanol–water partition coefficient (Wildman–Crippen LogP) is 3.83. The number of rotatable bonds is 20. The predicted molar refractivity (Wildman–Crippen MR) is 215 cm³/mol. The average molecular weight is 824 g/mol. The highest BCUT2D eigenvalue weighted by atomic mass is 32.2. The number of imide groups is 1. The number of aliphatic hydroxyl groups excluding tert-OH is 1. The molecule has 17 heteroatoms. The van der Waals surface area contributed by atoms with Gasteiger partial charge in [0.05, 0.1) is 46.9 Å². The second-order valence-corrected chi connectivity index (χ2v) is 17.7. The number of aromatic nitrogens is 1. The summed E-state index contributed by atoms with van der Waals surface area (Å²) in [6.45, 7) is 5.26. The number of urea groups is 1. The quantitative estimate of drug-likeness (QED) is 0.0650. The highest BCUT2D eigenvalue weighted by molar-refractivity contribution is 7.89. The molecule has 15 nitrogen and oxygen atoms in total. The molecule has 4 N–H and O–H groups in total. The maximum Gasteiger partial charge on any atom is 0.336 e. The Morgan fingerprint density at radius 1 is 1.14 bits per heavy atom. The van der Waals surface area contributed by atoms with Crippen molar-refractivity contribution in [3.05, 3.63) is 81.8 Å². The maximum absolute atomic E-state index is 14.4. The number of nitrogens with zero attached hydrogens (tertiary/aromatic N) is 5. The second kappa shape index (κ2) is 20.2. The van der Waals surface area contributed by atoms with Gasteiger partial charge in [0.25, 0.3) is 5.91 Å². The van der Waals surface area contributed by atoms with Crippen molar-refractivity contribution in [2.75, 3.05) is 26.2 Å². The minimum Gasteiger partial charge on any atom is -0.390 e. The molecule has 4 atom stereocenters. The molecule has 0 bridgehead atoms. The van der Waals surface area contributed by atoms with E-state index in [4.69, 9.17) is 10.6 Å². The number of aryl methyl sites for hydroxylation is 1. The van der Waals surface area contributed by atoms with Gasteiger partial charge >= 0.3 is 12.0 Å². The molecule has 308 valence electrons. The van der Waals surface area contributed by atoms with Gasteiger partial charge in [0, 0.05) is 25.0 Å². The first-order valence-electron chi connectivity index (χ1n) is 19.4. The normalized spacial score (nSPS) is 17.4. The number of oxime groups is 1. The van der Waals surface area contributed by atoms with E-state index in [-0.39, 0.29) is 62.3 Å². The van der Waals surface area contributed by atoms with E-state index in [0.29, 0.717) is 17.7 Å². The van der Waals surface area contributed by atoms with E-state index in [1.165, 1.54) is 51.0 Å². The standard InChI is InChI=1S/C40H53N7O8S2/c1-4-27(2)38(47-25-36(49)46(40(47)52)23-32-26-56-28(3)43-32)39(51)44-34(20-29-10-6-5-7-11-29)35(48)24-45(22-31-12-8-9-13-31)57(53,54)33-16-14-30(15-17-33)21-42-55-37(50)18-19-41/h5-7,10-11,14-17,21,26-27,31,34-35,38,48H,4,8-9,12-13,18-20,22-25,41H2,1-3H3,(H,44,51)/t27?,34-,35+,38-/m0/s1. The van der Waals surface area contributed by atoms with Crippen LogP contribution in [0.1, 0.15) is 74.2 Å². The molecule has 1 saturated heterocycles. The molecule has 1 aliphatic heterocycles. The minimum atomic E-state index is -4.15. The molecule has 1 saturated carbocycles. The molecule has 2 aromatic carbocycles. The second-order valence-electron chi connectivity index (χ2n) is 14.7. The van der Waals surface area contributed by atoms with E-state index >= 15 is 0 Å². The van der Waals surface area contributed by atoms with Crippen LogP contribution in [-0.4, -0.2) is 107 Å². The van der Waals surface area contributed by atoms with E-state index in [1.807, 2.05) is 51.1 Å². The summed E-state index contributed by atoms with van der Waals surface area (Å²) in [6.07, 6.45) is 4.29. The molecule has 3 aromatic rings. The zero-order valence-corrected chi connectivity index (χ0v) is 34.3. The molecule has 5 rings (SSSR count). The van der Waals surface area contributed by atoms with Gasteiger partial charge in [-0.25, -0.2) is 23.0 Å². The number of hydrogen-bond acceptors (Lipinski definition) is 12. The lowest BCUT2D eigenvalue weighted by molar-refractivity contribution is -0.143. The number of amides is 4. The smallest absolute Gasteiger partial charge is 0.336 e. The summed E-state index contributed by atoms with van der Waals surface area (Å²) in [7, 11) is -4.15. The van der Waals surface area contributed by atoms with Gasteiger partial charge in [-0.15, -0.1) is 11.3 Å². The summed E-state index contributed by atoms with van der Waals surface area (Å²) in [5, 5.41) is 21.2. The maximum atomic E-state index is 14.4. The highest BCUT2D eigenvalue weighted by Crippen LogP contribution is 2.29. The summed E-state index contributed by atoms with van der Waals surface area (Å²) in [5.41, 5.74) is 7.24. The van der Waals surface area contributed by atoms with Crippen LogP contribution in [-0.2, 0) is 42.2 Å². The molecule has 1 aromatic heterocycles. The molecule has 57 heavy (non-hydrogen) atoms. The van der Waals surface area contributed by atoms with Gasteiger partial charge in [0.15, 0.2) is 0 Å². The van der Waals surface area contributed by atoms with Gasteiger partial charge in [-0.2, -0.15) is 4.31 Å². The van der Waals surface area contributed by atoms with Crippen molar-refractivity contribution in [1.29, 1.82) is 0 Å². The number of carbonyl (C=O) groups is 4. The Morgan fingerprint density at radius 3 is 2.47 bits per heavy atom. The lowest BCUT2D eigenvalue weighted by Gasteiger charge is -2.34. The van der Waals surface area contributed by atoms with Crippen LogP contribution in [0.3, 0.4) is 0 Å². The van der Waals surface area contributed by atoms with Gasteiger partial charge < -0.3 is 25.9 Å². The zero-order chi connectivity index (χ0) is 41.1. The molecule has 1 unspecified atom stereocenters. The fourth-order valence-corrected chi connectivity index (χ4v) is 9.34. The summed E-state index contributed by atoms with van der Waals surface area (Å²) in [4.78, 5) is 64.5. The van der Waals surface area contributed by atoms with Crippen molar-refractivity contribution in [3.8, 4) is 0 Å². The molecule has 0 radical (unpaired) electrons. The first-order valence-corrected chi connectivity index (χ1v) is 21.7. The van der Waals surface area contributed by atoms with Crippen molar-refractivity contribution >= 4 is 51.4 Å². The van der Waals surface area contributed by atoms with Gasteiger partial charge in [0.2, 0.25) is 15.9 Å². The number of nitrogens with one attached hydrogen (secondary N) is 1. The van der Waals surface area contributed by atoms with Crippen molar-refractivity contribution < 1.29 is 37.5 Å². The van der Waals surface area contributed by atoms with Gasteiger partial charge in [-0.3, -0.25) is 14.5 Å². The molecule has 4 amide bonds. The van der Waals surface area contributed by atoms with Crippen molar-refractivity contribution in [2.45, 2.75) is 95.3 Å². The van der Waals surface area contributed by atoms with E-state index in [2.05, 4.69) is 15.5 Å². The van der Waals surface area contributed by atoms with Crippen molar-refractivity contribution in [3.63, 3.8) is 0 Å². The molecule has 2 heterocycles. The molecular weight excluding hydrogens is 771 g/mol. The number of hydrogen-bond donors (Lipinski definition) is 3. The fourth-order valence-electron chi connectivity index (χ4n) is 7.20. The average Bonchev–Trinajstić information content (AvgIpc) is 3.93. The summed E-state index contributed by atoms with van der Waals surface area (Å²) < 4.78 is 29.9. The van der Waals surface area contributed by atoms with Crippen molar-refractivity contribution in [2.24, 2.45) is 22.7 Å². The van der Waals surface area contributed by atoms with Crippen LogP contribution in [0.2, 0.25) is 0 Å². The van der Waals surface area contributed by atoms with Crippen LogP contribution < -0.4 is 11.1 Å². The van der Waals surface area contributed by atoms with Crippen LogP contribution in [0.4, 0.5) is 4.79 Å². The first-order chi connectivity index (χ1) is 27.3. The van der Waals surface area contributed by atoms with Crippen molar-refractivity contribution in [1.82, 2.24) is 24.4 Å². The number of aliphatic hydroxyl groups is 1. The Kier molecular flexibility index (Phi) is 15.5. The van der Waals surface area contributed by atoms with Crippen LogP contribution in [0, 0.1) is 18.8 Å². The summed E-state index contributed by atoms with van der Waals surface area (Å²) in [5.74, 6) is -1.84. The Bertz CT molecular complexity index is 1970. The topological polar surface area (TPSA) is 205 Å². The SMILES string of the molecule is CCC(C)[C@@H](C(=O)N[C@@H](Cc1ccccc1)[C@H](O)CN(CC1CCCC1)S(=O)(=O)c1ccc(C=NOC(=O)CCN)cc1)N1CC(=O)N(Cc2csc(C)n2)C1=O. The summed E-state index contributed by atoms with van der Waals surface area (Å²) in [6, 6.07) is 12.6. The number of carbonyl (C=O) groups excluding carboxylic acids is 4. The number of thiazole rings is 1. The highest BCUT2D eigenvalue weighted by Gasteiger charge is 2.45. The Labute approximate surface area is 338 Å². The third-order valence-corrected chi connectivity index (χ3v) is 13.2. The Morgan fingerprint density at radius 2 is 1.84 bits per heavy atom. The Hall–Kier alpha value is -4.55. The lowest BCUT2D eigenvalue weighted by atomic mass is 9.95. The largest absolute Gasteiger partial charge is 0.390 e. The minimum absolute atomic E-state index is 0.0000299. The van der Waals surface area contributed by atoms with E-state index in [9.17, 15) is 32.7 Å². The monoisotopic (exact) mass is 823 g/mol. The fraction of sp³-hybridized carbons (Fsp3) is 0.500. The zero-order valence-electron chi connectivity index (χ0n) is 32.7. The Balaban J connectivity index is 1.38. The van der Waals surface area contributed by atoms with Gasteiger partial charge in [0.1, 0.15) is 12.6 Å². The molecule has 2 fully saturated rings. The number of nitrogens with two attached hydrogens (primary N) is 1. The molecular formula is C40H53N7O8S2. The van der Waals surface area contributed by atoms with Gasteiger partial charge in [-0.1, -0.05) is 80.7 Å². The molecule has 2 aliphatic rings. The van der Waals surface area contributed by atoms with Crippen LogP contribution in [0.5, 0.6) is 0 Å². The lowest BCUT2D eigenvalue weighted by Crippen LogP contribution is -2.57. The third kappa shape index (κ3) is 11.5.